The highest BCUT2D eigenvalue weighted by molar-refractivity contribution is 6.57. The third-order valence-electron chi connectivity index (χ3n) is 2.28. The standard InChI is InChI=1S/C10H12BN3O3/c1-17-9-4-2-3-8(5-9)7-14-12-6-10(13-14)11(15)16/h2-6,15-16H,7H2,1H3. The Bertz CT molecular complexity index is 501. The summed E-state index contributed by atoms with van der Waals surface area (Å²) in [6, 6.07) is 7.52. The van der Waals surface area contributed by atoms with E-state index in [4.69, 9.17) is 14.8 Å². The van der Waals surface area contributed by atoms with Crippen LogP contribution in [0.1, 0.15) is 5.56 Å². The highest BCUT2D eigenvalue weighted by atomic mass is 16.5. The van der Waals surface area contributed by atoms with E-state index >= 15 is 0 Å². The molecule has 0 aliphatic carbocycles. The summed E-state index contributed by atoms with van der Waals surface area (Å²) in [7, 11) is 0.0138. The van der Waals surface area contributed by atoms with Gasteiger partial charge in [-0.05, 0) is 17.7 Å². The molecule has 2 aromatic rings. The third-order valence-corrected chi connectivity index (χ3v) is 2.28. The van der Waals surface area contributed by atoms with Gasteiger partial charge >= 0.3 is 7.12 Å². The smallest absolute Gasteiger partial charge is 0.497 e. The second-order valence-corrected chi connectivity index (χ2v) is 3.53. The maximum atomic E-state index is 8.91. The van der Waals surface area contributed by atoms with Gasteiger partial charge in [-0.3, -0.25) is 0 Å². The maximum absolute atomic E-state index is 8.91. The van der Waals surface area contributed by atoms with Crippen molar-refractivity contribution in [3.05, 3.63) is 36.0 Å². The van der Waals surface area contributed by atoms with E-state index in [2.05, 4.69) is 10.2 Å². The van der Waals surface area contributed by atoms with Gasteiger partial charge in [-0.2, -0.15) is 15.0 Å². The summed E-state index contributed by atoms with van der Waals surface area (Å²) in [4.78, 5) is 1.39. The minimum absolute atomic E-state index is 0.132. The number of rotatable bonds is 4. The fourth-order valence-corrected chi connectivity index (χ4v) is 1.44. The SMILES string of the molecule is COc1cccc(Cn2ncc(B(O)O)n2)c1. The zero-order chi connectivity index (χ0) is 12.3. The van der Waals surface area contributed by atoms with Crippen LogP contribution in [0.2, 0.25) is 0 Å². The van der Waals surface area contributed by atoms with Crippen molar-refractivity contribution in [3.8, 4) is 5.75 Å². The lowest BCUT2D eigenvalue weighted by Gasteiger charge is -2.03. The summed E-state index contributed by atoms with van der Waals surface area (Å²) in [5, 5.41) is 25.7. The lowest BCUT2D eigenvalue weighted by molar-refractivity contribution is 0.413. The van der Waals surface area contributed by atoms with Crippen molar-refractivity contribution in [3.63, 3.8) is 0 Å². The van der Waals surface area contributed by atoms with Crippen LogP contribution >= 0.6 is 0 Å². The molecule has 88 valence electrons. The molecule has 0 unspecified atom stereocenters. The molecule has 0 saturated carbocycles. The average molecular weight is 233 g/mol. The van der Waals surface area contributed by atoms with Crippen LogP contribution in [-0.4, -0.2) is 39.3 Å². The lowest BCUT2D eigenvalue weighted by Crippen LogP contribution is -2.31. The van der Waals surface area contributed by atoms with E-state index in [1.54, 1.807) is 7.11 Å². The minimum atomic E-state index is -1.59. The molecule has 0 fully saturated rings. The Morgan fingerprint density at radius 2 is 2.24 bits per heavy atom. The average Bonchev–Trinajstić information content (AvgIpc) is 2.78. The Labute approximate surface area is 98.6 Å². The van der Waals surface area contributed by atoms with Crippen LogP contribution in [0.15, 0.2) is 30.5 Å². The zero-order valence-electron chi connectivity index (χ0n) is 9.32. The normalized spacial score (nSPS) is 10.3. The molecule has 1 heterocycles. The van der Waals surface area contributed by atoms with Gasteiger partial charge in [0.05, 0.1) is 19.9 Å². The first-order valence-corrected chi connectivity index (χ1v) is 5.08. The fourth-order valence-electron chi connectivity index (χ4n) is 1.44. The van der Waals surface area contributed by atoms with E-state index in [-0.39, 0.29) is 5.59 Å². The number of hydrogen-bond acceptors (Lipinski definition) is 5. The molecule has 0 spiro atoms. The molecule has 17 heavy (non-hydrogen) atoms. The molecule has 0 saturated heterocycles. The number of ether oxygens (including phenoxy) is 1. The van der Waals surface area contributed by atoms with Crippen molar-refractivity contribution in [1.29, 1.82) is 0 Å². The van der Waals surface area contributed by atoms with Crippen molar-refractivity contribution in [2.24, 2.45) is 0 Å². The number of methoxy groups -OCH3 is 1. The second kappa shape index (κ2) is 4.98. The van der Waals surface area contributed by atoms with Gasteiger partial charge in [-0.1, -0.05) is 12.1 Å². The summed E-state index contributed by atoms with van der Waals surface area (Å²) in [5.74, 6) is 0.761. The van der Waals surface area contributed by atoms with E-state index in [1.165, 1.54) is 11.0 Å². The van der Waals surface area contributed by atoms with Gasteiger partial charge in [-0.15, -0.1) is 0 Å². The summed E-state index contributed by atoms with van der Waals surface area (Å²) in [6.45, 7) is 0.448. The van der Waals surface area contributed by atoms with Crippen molar-refractivity contribution < 1.29 is 14.8 Å². The van der Waals surface area contributed by atoms with Crippen LogP contribution in [-0.2, 0) is 6.54 Å². The number of nitrogens with zero attached hydrogens (tertiary/aromatic N) is 3. The van der Waals surface area contributed by atoms with Crippen molar-refractivity contribution >= 4 is 12.7 Å². The molecular weight excluding hydrogens is 221 g/mol. The molecule has 0 amide bonds. The van der Waals surface area contributed by atoms with Gasteiger partial charge in [0.25, 0.3) is 0 Å². The minimum Gasteiger partial charge on any atom is -0.497 e. The molecular formula is C10H12BN3O3. The van der Waals surface area contributed by atoms with Gasteiger partial charge in [-0.25, -0.2) is 0 Å². The molecule has 0 aliphatic rings. The largest absolute Gasteiger partial charge is 0.511 e. The molecule has 0 radical (unpaired) electrons. The molecule has 7 heteroatoms. The molecule has 2 rings (SSSR count). The molecule has 0 atom stereocenters. The van der Waals surface area contributed by atoms with Crippen molar-refractivity contribution in [1.82, 2.24) is 15.0 Å². The van der Waals surface area contributed by atoms with Gasteiger partial charge in [0.1, 0.15) is 11.3 Å². The van der Waals surface area contributed by atoms with Gasteiger partial charge in [0.2, 0.25) is 0 Å². The first kappa shape index (κ1) is 11.6. The van der Waals surface area contributed by atoms with E-state index < -0.39 is 7.12 Å². The van der Waals surface area contributed by atoms with Crippen LogP contribution in [0.25, 0.3) is 0 Å². The maximum Gasteiger partial charge on any atom is 0.511 e. The molecule has 6 nitrogen and oxygen atoms in total. The highest BCUT2D eigenvalue weighted by Gasteiger charge is 2.15. The van der Waals surface area contributed by atoms with Crippen LogP contribution in [0, 0.1) is 0 Å². The number of aromatic nitrogens is 3. The number of hydrogen-bond donors (Lipinski definition) is 2. The first-order chi connectivity index (χ1) is 8.19. The summed E-state index contributed by atoms with van der Waals surface area (Å²) >= 11 is 0. The second-order valence-electron chi connectivity index (χ2n) is 3.53. The van der Waals surface area contributed by atoms with Crippen LogP contribution in [0.3, 0.4) is 0 Å². The summed E-state index contributed by atoms with van der Waals surface area (Å²) < 4.78 is 5.11. The Morgan fingerprint density at radius 3 is 2.88 bits per heavy atom. The Kier molecular flexibility index (Phi) is 3.41. The van der Waals surface area contributed by atoms with Gasteiger partial charge in [0.15, 0.2) is 0 Å². The topological polar surface area (TPSA) is 80.4 Å². The Hall–Kier alpha value is -1.86. The van der Waals surface area contributed by atoms with E-state index in [1.807, 2.05) is 24.3 Å². The predicted molar refractivity (Wildman–Crippen MR) is 61.9 cm³/mol. The first-order valence-electron chi connectivity index (χ1n) is 5.08. The van der Waals surface area contributed by atoms with Crippen molar-refractivity contribution in [2.75, 3.05) is 7.11 Å². The van der Waals surface area contributed by atoms with E-state index in [0.717, 1.165) is 11.3 Å². The monoisotopic (exact) mass is 233 g/mol. The highest BCUT2D eigenvalue weighted by Crippen LogP contribution is 2.12. The lowest BCUT2D eigenvalue weighted by atomic mass is 9.87. The van der Waals surface area contributed by atoms with Crippen LogP contribution in [0.4, 0.5) is 0 Å². The molecule has 0 bridgehead atoms. The van der Waals surface area contributed by atoms with E-state index in [0.29, 0.717) is 6.54 Å². The van der Waals surface area contributed by atoms with Gasteiger partial charge in [0, 0.05) is 0 Å². The van der Waals surface area contributed by atoms with Crippen LogP contribution < -0.4 is 10.3 Å². The quantitative estimate of drug-likeness (QED) is 0.663. The fraction of sp³-hybridized carbons (Fsp3) is 0.200. The number of benzene rings is 1. The summed E-state index contributed by atoms with van der Waals surface area (Å²) in [6.07, 6.45) is 1.32. The Balaban J connectivity index is 2.13. The van der Waals surface area contributed by atoms with Crippen molar-refractivity contribution in [2.45, 2.75) is 6.54 Å². The molecule has 1 aromatic heterocycles. The molecule has 0 aliphatic heterocycles. The van der Waals surface area contributed by atoms with Crippen LogP contribution in [0.5, 0.6) is 5.75 Å². The van der Waals surface area contributed by atoms with E-state index in [9.17, 15) is 0 Å². The Morgan fingerprint density at radius 1 is 1.41 bits per heavy atom. The predicted octanol–water partition coefficient (Wildman–Crippen LogP) is -0.985. The molecule has 2 N–H and O–H groups in total. The third kappa shape index (κ3) is 2.83. The zero-order valence-corrected chi connectivity index (χ0v) is 9.32. The van der Waals surface area contributed by atoms with Gasteiger partial charge < -0.3 is 14.8 Å². The summed E-state index contributed by atoms with van der Waals surface area (Å²) in [5.41, 5.74) is 1.10. The molecule has 1 aromatic carbocycles.